The third-order valence-electron chi connectivity index (χ3n) is 4.71. The number of amides is 1. The Hall–Kier alpha value is -3.62. The number of nitrogens with one attached hydrogen (secondary N) is 1. The number of esters is 2. The lowest BCUT2D eigenvalue weighted by atomic mass is 9.94. The maximum Gasteiger partial charge on any atom is 0.332 e. The molecule has 0 unspecified atom stereocenters. The molecule has 0 bridgehead atoms. The van der Waals surface area contributed by atoms with Gasteiger partial charge in [0.05, 0.1) is 13.0 Å². The highest BCUT2D eigenvalue weighted by Crippen LogP contribution is 2.27. The highest BCUT2D eigenvalue weighted by molar-refractivity contribution is 5.98. The van der Waals surface area contributed by atoms with Crippen molar-refractivity contribution in [1.29, 1.82) is 0 Å². The number of aromatic nitrogens is 1. The Morgan fingerprint density at radius 1 is 1.23 bits per heavy atom. The first-order chi connectivity index (χ1) is 14.9. The number of rotatable bonds is 5. The number of methoxy groups -OCH3 is 1. The van der Waals surface area contributed by atoms with Crippen LogP contribution >= 0.6 is 0 Å². The quantitative estimate of drug-likeness (QED) is 0.687. The fourth-order valence-electron chi connectivity index (χ4n) is 3.16. The number of cyclic esters (lactones) is 2. The molecule has 1 saturated heterocycles. The molecule has 1 amide bonds. The lowest BCUT2D eigenvalue weighted by molar-refractivity contribution is -0.152. The smallest absolute Gasteiger partial charge is 0.332 e. The highest BCUT2D eigenvalue weighted by atomic mass is 16.6. The lowest BCUT2D eigenvalue weighted by Gasteiger charge is -2.18. The maximum atomic E-state index is 12.6. The summed E-state index contributed by atoms with van der Waals surface area (Å²) in [6.07, 6.45) is 2.59. The molecule has 0 saturated carbocycles. The SMILES string of the molecule is COc1ccnc(C(=O)N[C@H]2COC(=O)[C@H](Cc3ccccc3)[CH][C@H](C)OC2=O)c1O. The molecule has 3 atom stereocenters. The molecule has 1 aromatic carbocycles. The van der Waals surface area contributed by atoms with Gasteiger partial charge in [-0.3, -0.25) is 9.59 Å². The average Bonchev–Trinajstić information content (AvgIpc) is 2.80. The van der Waals surface area contributed by atoms with Crippen molar-refractivity contribution in [2.24, 2.45) is 5.92 Å². The second kappa shape index (κ2) is 9.92. The van der Waals surface area contributed by atoms with Crippen LogP contribution in [-0.4, -0.2) is 53.8 Å². The Kier molecular flexibility index (Phi) is 7.07. The molecule has 0 spiro atoms. The number of hydrogen-bond donors (Lipinski definition) is 2. The zero-order valence-electron chi connectivity index (χ0n) is 17.1. The number of benzene rings is 1. The highest BCUT2D eigenvalue weighted by Gasteiger charge is 2.33. The summed E-state index contributed by atoms with van der Waals surface area (Å²) in [5.41, 5.74) is 0.600. The summed E-state index contributed by atoms with van der Waals surface area (Å²) >= 11 is 0. The van der Waals surface area contributed by atoms with Crippen molar-refractivity contribution in [3.63, 3.8) is 0 Å². The van der Waals surface area contributed by atoms with Crippen LogP contribution in [0.5, 0.6) is 11.5 Å². The third kappa shape index (κ3) is 5.50. The Morgan fingerprint density at radius 2 is 1.97 bits per heavy atom. The second-order valence-corrected chi connectivity index (χ2v) is 7.00. The number of pyridine rings is 1. The minimum atomic E-state index is -1.27. The summed E-state index contributed by atoms with van der Waals surface area (Å²) in [5.74, 6) is -3.19. The van der Waals surface area contributed by atoms with Gasteiger partial charge in [0.25, 0.3) is 5.91 Å². The number of aromatic hydroxyl groups is 1. The molecule has 1 aliphatic heterocycles. The first kappa shape index (κ1) is 22.1. The van der Waals surface area contributed by atoms with Crippen LogP contribution in [0.15, 0.2) is 42.6 Å². The van der Waals surface area contributed by atoms with Gasteiger partial charge < -0.3 is 24.6 Å². The van der Waals surface area contributed by atoms with Crippen molar-refractivity contribution in [2.45, 2.75) is 25.5 Å². The summed E-state index contributed by atoms with van der Waals surface area (Å²) in [6.45, 7) is 1.21. The minimum Gasteiger partial charge on any atom is -0.503 e. The van der Waals surface area contributed by atoms with E-state index in [4.69, 9.17) is 14.2 Å². The average molecular weight is 427 g/mol. The third-order valence-corrected chi connectivity index (χ3v) is 4.71. The molecular formula is C22H23N2O7. The van der Waals surface area contributed by atoms with Crippen LogP contribution in [0, 0.1) is 12.3 Å². The first-order valence-corrected chi connectivity index (χ1v) is 9.68. The van der Waals surface area contributed by atoms with E-state index in [2.05, 4.69) is 10.3 Å². The molecule has 1 radical (unpaired) electrons. The Balaban J connectivity index is 1.73. The molecule has 2 N–H and O–H groups in total. The van der Waals surface area contributed by atoms with E-state index in [9.17, 15) is 19.5 Å². The number of hydrogen-bond acceptors (Lipinski definition) is 8. The minimum absolute atomic E-state index is 0.0515. The lowest BCUT2D eigenvalue weighted by Crippen LogP contribution is -2.46. The van der Waals surface area contributed by atoms with Crippen molar-refractivity contribution in [1.82, 2.24) is 10.3 Å². The van der Waals surface area contributed by atoms with Crippen LogP contribution in [-0.2, 0) is 25.5 Å². The van der Waals surface area contributed by atoms with E-state index in [1.165, 1.54) is 19.4 Å². The molecule has 1 fully saturated rings. The van der Waals surface area contributed by atoms with Crippen LogP contribution in [0.25, 0.3) is 0 Å². The van der Waals surface area contributed by atoms with Crippen LogP contribution < -0.4 is 10.1 Å². The van der Waals surface area contributed by atoms with Crippen molar-refractivity contribution in [3.05, 3.63) is 60.3 Å². The van der Waals surface area contributed by atoms with Gasteiger partial charge in [0.1, 0.15) is 12.7 Å². The molecule has 3 rings (SSSR count). The summed E-state index contributed by atoms with van der Waals surface area (Å²) in [6, 6.07) is 9.51. The van der Waals surface area contributed by atoms with Crippen molar-refractivity contribution in [2.75, 3.05) is 13.7 Å². The van der Waals surface area contributed by atoms with Gasteiger partial charge in [0, 0.05) is 18.7 Å². The van der Waals surface area contributed by atoms with E-state index < -0.39 is 48.3 Å². The van der Waals surface area contributed by atoms with Crippen molar-refractivity contribution >= 4 is 17.8 Å². The number of nitrogens with zero attached hydrogens (tertiary/aromatic N) is 1. The van der Waals surface area contributed by atoms with Gasteiger partial charge in [-0.25, -0.2) is 9.78 Å². The van der Waals surface area contributed by atoms with Crippen LogP contribution in [0.4, 0.5) is 0 Å². The standard InChI is InChI=1S/C22H23N2O7/c1-13-10-15(11-14-6-4-3-5-7-14)21(27)30-12-16(22(28)31-13)24-20(26)18-19(25)17(29-2)8-9-23-18/h3-10,13,15-16,25H,11-12H2,1-2H3,(H,24,26)/t13-,15-,16-/m0/s1. The molecule has 163 valence electrons. The monoisotopic (exact) mass is 427 g/mol. The molecule has 9 heteroatoms. The zero-order valence-corrected chi connectivity index (χ0v) is 17.1. The van der Waals surface area contributed by atoms with E-state index >= 15 is 0 Å². The van der Waals surface area contributed by atoms with Gasteiger partial charge in [-0.05, 0) is 18.9 Å². The molecule has 0 aliphatic carbocycles. The molecule has 31 heavy (non-hydrogen) atoms. The Bertz CT molecular complexity index is 948. The van der Waals surface area contributed by atoms with Crippen LogP contribution in [0.1, 0.15) is 23.0 Å². The fraction of sp³-hybridized carbons (Fsp3) is 0.318. The van der Waals surface area contributed by atoms with Gasteiger partial charge in [0.15, 0.2) is 23.2 Å². The second-order valence-electron chi connectivity index (χ2n) is 7.00. The van der Waals surface area contributed by atoms with Gasteiger partial charge in [-0.1, -0.05) is 30.3 Å². The summed E-state index contributed by atoms with van der Waals surface area (Å²) in [7, 11) is 1.33. The van der Waals surface area contributed by atoms with Crippen molar-refractivity contribution < 1.29 is 33.7 Å². The molecule has 2 heterocycles. The van der Waals surface area contributed by atoms with E-state index in [0.717, 1.165) is 5.56 Å². The Labute approximate surface area is 179 Å². The first-order valence-electron chi connectivity index (χ1n) is 9.68. The number of carbonyl (C=O) groups excluding carboxylic acids is 3. The van der Waals surface area contributed by atoms with Crippen LogP contribution in [0.3, 0.4) is 0 Å². The maximum absolute atomic E-state index is 12.6. The van der Waals surface area contributed by atoms with E-state index in [1.54, 1.807) is 13.3 Å². The zero-order chi connectivity index (χ0) is 22.4. The number of carbonyl (C=O) groups is 3. The van der Waals surface area contributed by atoms with Gasteiger partial charge in [-0.2, -0.15) is 0 Å². The fourth-order valence-corrected chi connectivity index (χ4v) is 3.16. The predicted molar refractivity (Wildman–Crippen MR) is 108 cm³/mol. The van der Waals surface area contributed by atoms with Gasteiger partial charge in [0.2, 0.25) is 0 Å². The number of ether oxygens (including phenoxy) is 3. The molecule has 9 nitrogen and oxygen atoms in total. The summed E-state index contributed by atoms with van der Waals surface area (Å²) in [4.78, 5) is 41.5. The van der Waals surface area contributed by atoms with Crippen molar-refractivity contribution in [3.8, 4) is 11.5 Å². The van der Waals surface area contributed by atoms with Crippen LogP contribution in [0.2, 0.25) is 0 Å². The Morgan fingerprint density at radius 3 is 2.68 bits per heavy atom. The van der Waals surface area contributed by atoms with Gasteiger partial charge in [-0.15, -0.1) is 0 Å². The molecule has 1 aromatic heterocycles. The largest absolute Gasteiger partial charge is 0.503 e. The normalized spacial score (nSPS) is 21.7. The van der Waals surface area contributed by atoms with E-state index in [0.29, 0.717) is 6.42 Å². The summed E-state index contributed by atoms with van der Waals surface area (Å²) < 4.78 is 15.6. The molecule has 1 aliphatic rings. The molecule has 2 aromatic rings. The van der Waals surface area contributed by atoms with E-state index in [1.807, 2.05) is 30.3 Å². The van der Waals surface area contributed by atoms with E-state index in [-0.39, 0.29) is 11.4 Å². The molecular weight excluding hydrogens is 404 g/mol. The summed E-state index contributed by atoms with van der Waals surface area (Å²) in [5, 5.41) is 12.5. The van der Waals surface area contributed by atoms with Gasteiger partial charge >= 0.3 is 11.9 Å². The predicted octanol–water partition coefficient (Wildman–Crippen LogP) is 1.45. The topological polar surface area (TPSA) is 124 Å².